The standard InChI is InChI=1S/C20H21N3O2S/c1-2-14-5-7-15(8-6-14)16-12-26-19-18(16)20(25)23(13-21-19)11-17(24)22-9-3-4-10-22/h5-8,12-13H,2-4,9-11H2,1H3. The number of hydrogen-bond donors (Lipinski definition) is 0. The van der Waals surface area contributed by atoms with Gasteiger partial charge in [0.2, 0.25) is 5.91 Å². The Morgan fingerprint density at radius 1 is 1.19 bits per heavy atom. The fourth-order valence-corrected chi connectivity index (χ4v) is 4.33. The highest BCUT2D eigenvalue weighted by Crippen LogP contribution is 2.30. The molecule has 5 nitrogen and oxygen atoms in total. The van der Waals surface area contributed by atoms with Gasteiger partial charge in [-0.15, -0.1) is 11.3 Å². The van der Waals surface area contributed by atoms with Gasteiger partial charge in [-0.3, -0.25) is 14.2 Å². The van der Waals surface area contributed by atoms with Gasteiger partial charge in [0.05, 0.1) is 11.7 Å². The minimum Gasteiger partial charge on any atom is -0.341 e. The molecular weight excluding hydrogens is 346 g/mol. The number of benzene rings is 1. The van der Waals surface area contributed by atoms with Crippen LogP contribution < -0.4 is 5.56 Å². The molecule has 1 saturated heterocycles. The number of likely N-dealkylation sites (tertiary alicyclic amines) is 1. The van der Waals surface area contributed by atoms with Gasteiger partial charge in [-0.1, -0.05) is 31.2 Å². The van der Waals surface area contributed by atoms with Gasteiger partial charge in [0, 0.05) is 24.0 Å². The molecule has 0 saturated carbocycles. The number of aryl methyl sites for hydroxylation is 1. The lowest BCUT2D eigenvalue weighted by Crippen LogP contribution is -2.34. The van der Waals surface area contributed by atoms with Gasteiger partial charge in [-0.25, -0.2) is 4.98 Å². The quantitative estimate of drug-likeness (QED) is 0.711. The van der Waals surface area contributed by atoms with E-state index >= 15 is 0 Å². The number of amides is 1. The molecule has 1 fully saturated rings. The first kappa shape index (κ1) is 17.0. The van der Waals surface area contributed by atoms with Gasteiger partial charge in [0.1, 0.15) is 11.4 Å². The summed E-state index contributed by atoms with van der Waals surface area (Å²) in [5, 5.41) is 2.59. The fraction of sp³-hybridized carbons (Fsp3) is 0.350. The predicted molar refractivity (Wildman–Crippen MR) is 105 cm³/mol. The van der Waals surface area contributed by atoms with E-state index in [1.165, 1.54) is 27.8 Å². The number of carbonyl (C=O) groups is 1. The Bertz CT molecular complexity index is 998. The third-order valence-electron chi connectivity index (χ3n) is 5.00. The van der Waals surface area contributed by atoms with E-state index in [1.54, 1.807) is 0 Å². The number of thiophene rings is 1. The lowest BCUT2D eigenvalue weighted by Gasteiger charge is -2.15. The van der Waals surface area contributed by atoms with Crippen LogP contribution in [0.25, 0.3) is 21.3 Å². The van der Waals surface area contributed by atoms with Crippen LogP contribution in [0.4, 0.5) is 0 Å². The molecule has 0 bridgehead atoms. The second kappa shape index (κ2) is 7.03. The van der Waals surface area contributed by atoms with Crippen LogP contribution in [0.3, 0.4) is 0 Å². The largest absolute Gasteiger partial charge is 0.341 e. The van der Waals surface area contributed by atoms with Crippen molar-refractivity contribution in [2.75, 3.05) is 13.1 Å². The van der Waals surface area contributed by atoms with Crippen LogP contribution in [0.15, 0.2) is 40.8 Å². The molecule has 0 spiro atoms. The molecule has 0 atom stereocenters. The number of rotatable bonds is 4. The second-order valence-electron chi connectivity index (χ2n) is 6.65. The topological polar surface area (TPSA) is 55.2 Å². The number of aromatic nitrogens is 2. The van der Waals surface area contributed by atoms with Gasteiger partial charge in [-0.2, -0.15) is 0 Å². The molecule has 3 heterocycles. The van der Waals surface area contributed by atoms with E-state index in [9.17, 15) is 9.59 Å². The molecule has 3 aromatic rings. The number of carbonyl (C=O) groups excluding carboxylic acids is 1. The van der Waals surface area contributed by atoms with Gasteiger partial charge >= 0.3 is 0 Å². The van der Waals surface area contributed by atoms with Gasteiger partial charge in [-0.05, 0) is 30.4 Å². The summed E-state index contributed by atoms with van der Waals surface area (Å²) >= 11 is 1.47. The average Bonchev–Trinajstić information content (AvgIpc) is 3.34. The molecule has 1 amide bonds. The molecule has 1 aliphatic rings. The summed E-state index contributed by atoms with van der Waals surface area (Å²) in [4.78, 5) is 32.4. The summed E-state index contributed by atoms with van der Waals surface area (Å²) < 4.78 is 1.44. The summed E-state index contributed by atoms with van der Waals surface area (Å²) in [6.45, 7) is 3.76. The summed E-state index contributed by atoms with van der Waals surface area (Å²) in [5.41, 5.74) is 3.03. The fourth-order valence-electron chi connectivity index (χ4n) is 3.42. The molecule has 0 N–H and O–H groups in total. The molecular formula is C20H21N3O2S. The Morgan fingerprint density at radius 2 is 1.92 bits per heavy atom. The van der Waals surface area contributed by atoms with Crippen LogP contribution in [0.5, 0.6) is 0 Å². The zero-order valence-corrected chi connectivity index (χ0v) is 15.6. The third-order valence-corrected chi connectivity index (χ3v) is 5.88. The normalized spacial score (nSPS) is 14.3. The first-order chi connectivity index (χ1) is 12.7. The van der Waals surface area contributed by atoms with E-state index < -0.39 is 0 Å². The maximum atomic E-state index is 13.0. The maximum absolute atomic E-state index is 13.0. The van der Waals surface area contributed by atoms with Crippen LogP contribution in [0.1, 0.15) is 25.3 Å². The van der Waals surface area contributed by atoms with Crippen molar-refractivity contribution in [2.45, 2.75) is 32.7 Å². The Hall–Kier alpha value is -2.47. The van der Waals surface area contributed by atoms with Crippen molar-refractivity contribution in [2.24, 2.45) is 0 Å². The van der Waals surface area contributed by atoms with Crippen LogP contribution in [-0.2, 0) is 17.8 Å². The summed E-state index contributed by atoms with van der Waals surface area (Å²) in [7, 11) is 0. The minimum atomic E-state index is -0.140. The van der Waals surface area contributed by atoms with Crippen molar-refractivity contribution >= 4 is 27.5 Å². The molecule has 0 aliphatic carbocycles. The molecule has 4 rings (SSSR count). The highest BCUT2D eigenvalue weighted by Gasteiger charge is 2.20. The van der Waals surface area contributed by atoms with E-state index in [4.69, 9.17) is 0 Å². The molecule has 26 heavy (non-hydrogen) atoms. The third kappa shape index (κ3) is 3.05. The molecule has 0 unspecified atom stereocenters. The van der Waals surface area contributed by atoms with Gasteiger partial charge in [0.25, 0.3) is 5.56 Å². The van der Waals surface area contributed by atoms with Crippen molar-refractivity contribution < 1.29 is 4.79 Å². The number of fused-ring (bicyclic) bond motifs is 1. The van der Waals surface area contributed by atoms with Crippen LogP contribution >= 0.6 is 11.3 Å². The zero-order valence-electron chi connectivity index (χ0n) is 14.8. The van der Waals surface area contributed by atoms with E-state index in [0.29, 0.717) is 5.39 Å². The van der Waals surface area contributed by atoms with Gasteiger partial charge < -0.3 is 4.90 Å². The highest BCUT2D eigenvalue weighted by molar-refractivity contribution is 7.17. The molecule has 2 aromatic heterocycles. The highest BCUT2D eigenvalue weighted by atomic mass is 32.1. The van der Waals surface area contributed by atoms with Crippen LogP contribution in [0.2, 0.25) is 0 Å². The molecule has 1 aromatic carbocycles. The first-order valence-electron chi connectivity index (χ1n) is 9.01. The average molecular weight is 367 g/mol. The molecule has 134 valence electrons. The van der Waals surface area contributed by atoms with E-state index in [0.717, 1.165) is 48.3 Å². The Labute approximate surface area is 155 Å². The number of hydrogen-bond acceptors (Lipinski definition) is 4. The Balaban J connectivity index is 1.71. The summed E-state index contributed by atoms with van der Waals surface area (Å²) in [6, 6.07) is 8.27. The summed E-state index contributed by atoms with van der Waals surface area (Å²) in [6.07, 6.45) is 4.57. The predicted octanol–water partition coefficient (Wildman–Crippen LogP) is 3.31. The second-order valence-corrected chi connectivity index (χ2v) is 7.50. The first-order valence-corrected chi connectivity index (χ1v) is 9.89. The van der Waals surface area contributed by atoms with E-state index in [2.05, 4.69) is 24.0 Å². The summed E-state index contributed by atoms with van der Waals surface area (Å²) in [5.74, 6) is -0.00479. The maximum Gasteiger partial charge on any atom is 0.263 e. The monoisotopic (exact) mass is 367 g/mol. The van der Waals surface area contributed by atoms with Crippen molar-refractivity contribution in [3.63, 3.8) is 0 Å². The Kier molecular flexibility index (Phi) is 4.59. The Morgan fingerprint density at radius 3 is 2.62 bits per heavy atom. The van der Waals surface area contributed by atoms with Crippen molar-refractivity contribution in [1.29, 1.82) is 0 Å². The van der Waals surface area contributed by atoms with Crippen LogP contribution in [-0.4, -0.2) is 33.4 Å². The SMILES string of the molecule is CCc1ccc(-c2csc3ncn(CC(=O)N4CCCC4)c(=O)c23)cc1. The lowest BCUT2D eigenvalue weighted by atomic mass is 10.0. The zero-order chi connectivity index (χ0) is 18.1. The van der Waals surface area contributed by atoms with Crippen LogP contribution in [0, 0.1) is 0 Å². The van der Waals surface area contributed by atoms with Gasteiger partial charge in [0.15, 0.2) is 0 Å². The molecule has 0 radical (unpaired) electrons. The smallest absolute Gasteiger partial charge is 0.263 e. The lowest BCUT2D eigenvalue weighted by molar-refractivity contribution is -0.130. The van der Waals surface area contributed by atoms with Crippen molar-refractivity contribution in [1.82, 2.24) is 14.5 Å². The minimum absolute atomic E-state index is 0.00479. The van der Waals surface area contributed by atoms with E-state index in [-0.39, 0.29) is 18.0 Å². The van der Waals surface area contributed by atoms with Crippen molar-refractivity contribution in [3.05, 3.63) is 51.9 Å². The molecule has 1 aliphatic heterocycles. The number of nitrogens with zero attached hydrogens (tertiary/aromatic N) is 3. The van der Waals surface area contributed by atoms with E-state index in [1.807, 2.05) is 22.4 Å². The van der Waals surface area contributed by atoms with Crippen molar-refractivity contribution in [3.8, 4) is 11.1 Å². The molecule has 6 heteroatoms.